The minimum absolute atomic E-state index is 0.197. The summed E-state index contributed by atoms with van der Waals surface area (Å²) in [7, 11) is 2.01. The third-order valence-corrected chi connectivity index (χ3v) is 3.56. The minimum Gasteiger partial charge on any atom is -0.337 e. The predicted octanol–water partition coefficient (Wildman–Crippen LogP) is 2.15. The summed E-state index contributed by atoms with van der Waals surface area (Å²) in [6.45, 7) is 1.52. The van der Waals surface area contributed by atoms with E-state index in [2.05, 4.69) is 39.7 Å². The Kier molecular flexibility index (Phi) is 4.12. The molecule has 0 aliphatic heterocycles. The summed E-state index contributed by atoms with van der Waals surface area (Å²) in [5, 5.41) is 7.87. The van der Waals surface area contributed by atoms with Crippen molar-refractivity contribution in [2.24, 2.45) is 7.05 Å². The predicted molar refractivity (Wildman–Crippen MR) is 81.5 cm³/mol. The number of imidazole rings is 1. The van der Waals surface area contributed by atoms with E-state index in [-0.39, 0.29) is 6.04 Å². The van der Waals surface area contributed by atoms with Crippen molar-refractivity contribution >= 4 is 0 Å². The van der Waals surface area contributed by atoms with Crippen LogP contribution in [0.3, 0.4) is 0 Å². The lowest BCUT2D eigenvalue weighted by atomic mass is 10.1. The van der Waals surface area contributed by atoms with Gasteiger partial charge in [0.2, 0.25) is 0 Å². The van der Waals surface area contributed by atoms with Crippen molar-refractivity contribution in [3.05, 3.63) is 72.6 Å². The standard InChI is InChI=1S/C16H19N5/c1-20-11-9-17-16(20)12-18-15(13-21-10-5-8-19-21)14-6-3-2-4-7-14/h2-11,15,18H,12-13H2,1H3. The molecular formula is C16H19N5. The number of rotatable bonds is 6. The maximum Gasteiger partial charge on any atom is 0.122 e. The highest BCUT2D eigenvalue weighted by Gasteiger charge is 2.12. The maximum absolute atomic E-state index is 4.36. The molecule has 0 spiro atoms. The van der Waals surface area contributed by atoms with Gasteiger partial charge < -0.3 is 9.88 Å². The smallest absolute Gasteiger partial charge is 0.122 e. The van der Waals surface area contributed by atoms with Crippen LogP contribution in [0, 0.1) is 0 Å². The molecule has 0 bridgehead atoms. The van der Waals surface area contributed by atoms with Crippen LogP contribution in [0.1, 0.15) is 17.4 Å². The highest BCUT2D eigenvalue weighted by Crippen LogP contribution is 2.15. The highest BCUT2D eigenvalue weighted by molar-refractivity contribution is 5.19. The Morgan fingerprint density at radius 3 is 2.62 bits per heavy atom. The average molecular weight is 281 g/mol. The molecule has 0 radical (unpaired) electrons. The lowest BCUT2D eigenvalue weighted by molar-refractivity contribution is 0.429. The Balaban J connectivity index is 1.74. The van der Waals surface area contributed by atoms with Crippen LogP contribution in [0.5, 0.6) is 0 Å². The van der Waals surface area contributed by atoms with Gasteiger partial charge in [-0.25, -0.2) is 4.98 Å². The number of benzene rings is 1. The van der Waals surface area contributed by atoms with Gasteiger partial charge in [-0.05, 0) is 11.6 Å². The zero-order valence-corrected chi connectivity index (χ0v) is 12.1. The summed E-state index contributed by atoms with van der Waals surface area (Å²) in [5.74, 6) is 1.02. The fourth-order valence-electron chi connectivity index (χ4n) is 2.35. The monoisotopic (exact) mass is 281 g/mol. The molecule has 0 aliphatic rings. The molecule has 1 aromatic carbocycles. The van der Waals surface area contributed by atoms with Crippen LogP contribution >= 0.6 is 0 Å². The second-order valence-electron chi connectivity index (χ2n) is 5.03. The number of nitrogens with one attached hydrogen (secondary N) is 1. The molecule has 5 nitrogen and oxygen atoms in total. The van der Waals surface area contributed by atoms with E-state index in [4.69, 9.17) is 0 Å². The van der Waals surface area contributed by atoms with Crippen LogP contribution < -0.4 is 5.32 Å². The van der Waals surface area contributed by atoms with Crippen molar-refractivity contribution in [1.82, 2.24) is 24.6 Å². The van der Waals surface area contributed by atoms with Gasteiger partial charge in [0.1, 0.15) is 5.82 Å². The molecule has 3 aromatic rings. The van der Waals surface area contributed by atoms with Crippen molar-refractivity contribution in [1.29, 1.82) is 0 Å². The van der Waals surface area contributed by atoms with Crippen molar-refractivity contribution < 1.29 is 0 Å². The largest absolute Gasteiger partial charge is 0.337 e. The van der Waals surface area contributed by atoms with Gasteiger partial charge in [0.25, 0.3) is 0 Å². The van der Waals surface area contributed by atoms with E-state index in [0.29, 0.717) is 0 Å². The van der Waals surface area contributed by atoms with Crippen molar-refractivity contribution in [3.63, 3.8) is 0 Å². The van der Waals surface area contributed by atoms with Crippen molar-refractivity contribution in [2.75, 3.05) is 0 Å². The maximum atomic E-state index is 4.36. The second kappa shape index (κ2) is 6.37. The Hall–Kier alpha value is -2.40. The summed E-state index contributed by atoms with van der Waals surface area (Å²) >= 11 is 0. The van der Waals surface area contributed by atoms with Gasteiger partial charge in [0, 0.05) is 31.8 Å². The number of hydrogen-bond acceptors (Lipinski definition) is 3. The van der Waals surface area contributed by atoms with Gasteiger partial charge in [0.05, 0.1) is 19.1 Å². The molecule has 1 unspecified atom stereocenters. The summed E-state index contributed by atoms with van der Waals surface area (Å²) in [5.41, 5.74) is 1.25. The molecule has 0 saturated carbocycles. The molecule has 21 heavy (non-hydrogen) atoms. The first-order chi connectivity index (χ1) is 10.3. The molecule has 0 fully saturated rings. The summed E-state index contributed by atoms with van der Waals surface area (Å²) in [6.07, 6.45) is 7.57. The van der Waals surface area contributed by atoms with Gasteiger partial charge in [-0.3, -0.25) is 4.68 Å². The molecule has 0 amide bonds. The molecule has 0 aliphatic carbocycles. The van der Waals surface area contributed by atoms with Gasteiger partial charge in [0.15, 0.2) is 0 Å². The van der Waals surface area contributed by atoms with E-state index in [9.17, 15) is 0 Å². The number of aromatic nitrogens is 4. The molecule has 3 rings (SSSR count). The lowest BCUT2D eigenvalue weighted by Gasteiger charge is -2.19. The van der Waals surface area contributed by atoms with E-state index in [1.807, 2.05) is 47.0 Å². The topological polar surface area (TPSA) is 47.7 Å². The van der Waals surface area contributed by atoms with Crippen LogP contribution in [0.4, 0.5) is 0 Å². The van der Waals surface area contributed by atoms with E-state index in [1.165, 1.54) is 5.56 Å². The van der Waals surface area contributed by atoms with Crippen LogP contribution in [0.25, 0.3) is 0 Å². The molecule has 5 heteroatoms. The molecule has 108 valence electrons. The van der Waals surface area contributed by atoms with E-state index in [1.54, 1.807) is 6.20 Å². The SMILES string of the molecule is Cn1ccnc1CNC(Cn1cccn1)c1ccccc1. The first-order valence-electron chi connectivity index (χ1n) is 7.05. The van der Waals surface area contributed by atoms with Gasteiger partial charge in [-0.15, -0.1) is 0 Å². The zero-order chi connectivity index (χ0) is 14.5. The Morgan fingerprint density at radius 2 is 1.95 bits per heavy atom. The Bertz CT molecular complexity index is 657. The van der Waals surface area contributed by atoms with Gasteiger partial charge >= 0.3 is 0 Å². The van der Waals surface area contributed by atoms with Crippen LogP contribution in [-0.4, -0.2) is 19.3 Å². The second-order valence-corrected chi connectivity index (χ2v) is 5.03. The van der Waals surface area contributed by atoms with Crippen molar-refractivity contribution in [2.45, 2.75) is 19.1 Å². The molecule has 0 saturated heterocycles. The number of hydrogen-bond donors (Lipinski definition) is 1. The Morgan fingerprint density at radius 1 is 1.10 bits per heavy atom. The number of aryl methyl sites for hydroxylation is 1. The zero-order valence-electron chi connectivity index (χ0n) is 12.1. The third-order valence-electron chi connectivity index (χ3n) is 3.56. The fourth-order valence-corrected chi connectivity index (χ4v) is 2.35. The molecule has 2 heterocycles. The molecular weight excluding hydrogens is 262 g/mol. The summed E-state index contributed by atoms with van der Waals surface area (Å²) in [4.78, 5) is 4.36. The van der Waals surface area contributed by atoms with E-state index in [0.717, 1.165) is 18.9 Å². The normalized spacial score (nSPS) is 12.4. The highest BCUT2D eigenvalue weighted by atomic mass is 15.3. The molecule has 1 atom stereocenters. The average Bonchev–Trinajstić information content (AvgIpc) is 3.16. The minimum atomic E-state index is 0.197. The Labute approximate surface area is 124 Å². The lowest BCUT2D eigenvalue weighted by Crippen LogP contribution is -2.26. The summed E-state index contributed by atoms with van der Waals surface area (Å²) < 4.78 is 3.98. The summed E-state index contributed by atoms with van der Waals surface area (Å²) in [6, 6.07) is 12.6. The van der Waals surface area contributed by atoms with Crippen LogP contribution in [-0.2, 0) is 20.1 Å². The quantitative estimate of drug-likeness (QED) is 0.753. The third kappa shape index (κ3) is 3.38. The molecule has 1 N–H and O–H groups in total. The van der Waals surface area contributed by atoms with E-state index < -0.39 is 0 Å². The van der Waals surface area contributed by atoms with Gasteiger partial charge in [-0.1, -0.05) is 30.3 Å². The fraction of sp³-hybridized carbons (Fsp3) is 0.250. The molecule has 2 aromatic heterocycles. The van der Waals surface area contributed by atoms with Crippen LogP contribution in [0.2, 0.25) is 0 Å². The van der Waals surface area contributed by atoms with Crippen molar-refractivity contribution in [3.8, 4) is 0 Å². The van der Waals surface area contributed by atoms with Crippen LogP contribution in [0.15, 0.2) is 61.2 Å². The van der Waals surface area contributed by atoms with E-state index >= 15 is 0 Å². The first-order valence-corrected chi connectivity index (χ1v) is 7.05. The van der Waals surface area contributed by atoms with Gasteiger partial charge in [-0.2, -0.15) is 5.10 Å². The number of nitrogens with zero attached hydrogens (tertiary/aromatic N) is 4. The first kappa shape index (κ1) is 13.6.